The second-order valence-electron chi connectivity index (χ2n) is 4.28. The lowest BCUT2D eigenvalue weighted by molar-refractivity contribution is 0.0998. The normalized spacial score (nSPS) is 10.1. The average molecular weight is 286 g/mol. The van der Waals surface area contributed by atoms with Crippen molar-refractivity contribution >= 4 is 23.1 Å². The van der Waals surface area contributed by atoms with E-state index in [0.717, 1.165) is 5.56 Å². The zero-order valence-electron chi connectivity index (χ0n) is 10.9. The van der Waals surface area contributed by atoms with Gasteiger partial charge in [-0.3, -0.25) is 4.79 Å². The first-order valence-electron chi connectivity index (χ1n) is 5.97. The Kier molecular flexibility index (Phi) is 4.00. The molecule has 2 aromatic rings. The monoisotopic (exact) mass is 286 g/mol. The van der Waals surface area contributed by atoms with Gasteiger partial charge < -0.3 is 16.2 Å². The molecule has 0 heterocycles. The number of carbonyl (C=O) groups is 1. The molecule has 0 aliphatic heterocycles. The van der Waals surface area contributed by atoms with Gasteiger partial charge in [0.05, 0.1) is 11.1 Å². The van der Waals surface area contributed by atoms with Crippen molar-refractivity contribution in [2.45, 2.75) is 6.92 Å². The van der Waals surface area contributed by atoms with E-state index in [9.17, 15) is 4.79 Å². The van der Waals surface area contributed by atoms with Gasteiger partial charge in [0.2, 0.25) is 0 Å². The molecule has 0 aromatic heterocycles. The fourth-order valence-electron chi connectivity index (χ4n) is 1.85. The van der Waals surface area contributed by atoms with Gasteiger partial charge in [0.25, 0.3) is 5.91 Å². The molecule has 0 radical (unpaired) electrons. The molecule has 2 rings (SSSR count). The Labute approximate surface area is 122 Å². The third-order valence-corrected chi connectivity index (χ3v) is 3.06. The highest BCUT2D eigenvalue weighted by atomic mass is 32.1. The summed E-state index contributed by atoms with van der Waals surface area (Å²) in [5, 5.41) is 0. The quantitative estimate of drug-likeness (QED) is 0.847. The number of ether oxygens (including phenoxy) is 1. The van der Waals surface area contributed by atoms with Crippen LogP contribution in [0.15, 0.2) is 42.5 Å². The van der Waals surface area contributed by atoms with Gasteiger partial charge in [-0.2, -0.15) is 0 Å². The van der Waals surface area contributed by atoms with Crippen molar-refractivity contribution in [3.8, 4) is 11.5 Å². The van der Waals surface area contributed by atoms with Gasteiger partial charge in [-0.1, -0.05) is 36.5 Å². The highest BCUT2D eigenvalue weighted by molar-refractivity contribution is 7.80. The second kappa shape index (κ2) is 5.71. The maximum Gasteiger partial charge on any atom is 0.252 e. The zero-order chi connectivity index (χ0) is 14.7. The van der Waals surface area contributed by atoms with Gasteiger partial charge >= 0.3 is 0 Å². The molecule has 1 amide bonds. The predicted molar refractivity (Wildman–Crippen MR) is 82.1 cm³/mol. The molecule has 0 bridgehead atoms. The third kappa shape index (κ3) is 2.78. The van der Waals surface area contributed by atoms with Crippen LogP contribution in [0.3, 0.4) is 0 Å². The van der Waals surface area contributed by atoms with E-state index < -0.39 is 5.91 Å². The minimum absolute atomic E-state index is 0.236. The SMILES string of the molecule is Cc1cccc(C(N)=S)c1Oc1ccccc1C(N)=O. The summed E-state index contributed by atoms with van der Waals surface area (Å²) >= 11 is 5.02. The van der Waals surface area contributed by atoms with Gasteiger partial charge in [-0.25, -0.2) is 0 Å². The van der Waals surface area contributed by atoms with E-state index in [1.807, 2.05) is 19.1 Å². The first-order chi connectivity index (χ1) is 9.50. The van der Waals surface area contributed by atoms with E-state index >= 15 is 0 Å². The summed E-state index contributed by atoms with van der Waals surface area (Å²) in [5.41, 5.74) is 12.8. The molecule has 0 spiro atoms. The van der Waals surface area contributed by atoms with Crippen LogP contribution in [0.4, 0.5) is 0 Å². The van der Waals surface area contributed by atoms with Gasteiger partial charge in [0.15, 0.2) is 0 Å². The molecule has 4 nitrogen and oxygen atoms in total. The van der Waals surface area contributed by atoms with Crippen molar-refractivity contribution in [1.82, 2.24) is 0 Å². The van der Waals surface area contributed by atoms with Crippen LogP contribution >= 0.6 is 12.2 Å². The van der Waals surface area contributed by atoms with Gasteiger partial charge in [0, 0.05) is 0 Å². The number of hydrogen-bond acceptors (Lipinski definition) is 3. The number of amides is 1. The summed E-state index contributed by atoms with van der Waals surface area (Å²) < 4.78 is 5.83. The van der Waals surface area contributed by atoms with Crippen LogP contribution < -0.4 is 16.2 Å². The first-order valence-corrected chi connectivity index (χ1v) is 6.37. The van der Waals surface area contributed by atoms with Crippen LogP contribution in [0, 0.1) is 6.92 Å². The second-order valence-corrected chi connectivity index (χ2v) is 4.72. The summed E-state index contributed by atoms with van der Waals surface area (Å²) in [5.74, 6) is 0.367. The maximum absolute atomic E-state index is 11.4. The number of aryl methyl sites for hydroxylation is 1. The lowest BCUT2D eigenvalue weighted by Crippen LogP contribution is -2.14. The highest BCUT2D eigenvalue weighted by Crippen LogP contribution is 2.31. The smallest absolute Gasteiger partial charge is 0.252 e. The molecule has 0 atom stereocenters. The molecule has 20 heavy (non-hydrogen) atoms. The molecule has 2 aromatic carbocycles. The summed E-state index contributed by atoms with van der Waals surface area (Å²) in [6, 6.07) is 12.3. The number of primary amides is 1. The Morgan fingerprint density at radius 3 is 2.35 bits per heavy atom. The van der Waals surface area contributed by atoms with Crippen LogP contribution in [-0.2, 0) is 0 Å². The van der Waals surface area contributed by atoms with Crippen LogP contribution in [0.1, 0.15) is 21.5 Å². The Bertz CT molecular complexity index is 683. The fraction of sp³-hybridized carbons (Fsp3) is 0.0667. The lowest BCUT2D eigenvalue weighted by Gasteiger charge is -2.14. The van der Waals surface area contributed by atoms with Crippen molar-refractivity contribution < 1.29 is 9.53 Å². The van der Waals surface area contributed by atoms with Crippen LogP contribution in [0.25, 0.3) is 0 Å². The largest absolute Gasteiger partial charge is 0.456 e. The van der Waals surface area contributed by atoms with E-state index in [-0.39, 0.29) is 4.99 Å². The molecule has 5 heteroatoms. The topological polar surface area (TPSA) is 78.3 Å². The summed E-state index contributed by atoms with van der Waals surface area (Å²) in [4.78, 5) is 11.6. The van der Waals surface area contributed by atoms with E-state index in [2.05, 4.69) is 0 Å². The zero-order valence-corrected chi connectivity index (χ0v) is 11.7. The minimum atomic E-state index is -0.550. The Balaban J connectivity index is 2.51. The number of rotatable bonds is 4. The number of carbonyl (C=O) groups excluding carboxylic acids is 1. The van der Waals surface area contributed by atoms with E-state index in [1.165, 1.54) is 0 Å². The van der Waals surface area contributed by atoms with Crippen LogP contribution in [0.5, 0.6) is 11.5 Å². The van der Waals surface area contributed by atoms with Gasteiger partial charge in [0.1, 0.15) is 16.5 Å². The van der Waals surface area contributed by atoms with Crippen molar-refractivity contribution in [3.63, 3.8) is 0 Å². The Morgan fingerprint density at radius 2 is 1.70 bits per heavy atom. The molecular formula is C15H14N2O2S. The molecule has 0 saturated heterocycles. The average Bonchev–Trinajstić information content (AvgIpc) is 2.41. The molecule has 0 saturated carbocycles. The van der Waals surface area contributed by atoms with Crippen molar-refractivity contribution in [2.75, 3.05) is 0 Å². The molecule has 0 aliphatic rings. The number of nitrogens with two attached hydrogens (primary N) is 2. The van der Waals surface area contributed by atoms with E-state index in [0.29, 0.717) is 22.6 Å². The Hall–Kier alpha value is -2.40. The molecule has 0 aliphatic carbocycles. The first kappa shape index (κ1) is 14.0. The van der Waals surface area contributed by atoms with E-state index in [4.69, 9.17) is 28.4 Å². The van der Waals surface area contributed by atoms with Crippen molar-refractivity contribution in [1.29, 1.82) is 0 Å². The number of benzene rings is 2. The molecular weight excluding hydrogens is 272 g/mol. The summed E-state index contributed by atoms with van der Waals surface area (Å²) in [7, 11) is 0. The molecule has 0 fully saturated rings. The van der Waals surface area contributed by atoms with Gasteiger partial charge in [-0.05, 0) is 30.7 Å². The van der Waals surface area contributed by atoms with Crippen LogP contribution in [-0.4, -0.2) is 10.9 Å². The number of para-hydroxylation sites is 2. The molecule has 0 unspecified atom stereocenters. The van der Waals surface area contributed by atoms with Gasteiger partial charge in [-0.15, -0.1) is 0 Å². The van der Waals surface area contributed by atoms with Crippen molar-refractivity contribution in [3.05, 3.63) is 59.2 Å². The highest BCUT2D eigenvalue weighted by Gasteiger charge is 2.14. The number of thiocarbonyl (C=S) groups is 1. The maximum atomic E-state index is 11.4. The van der Waals surface area contributed by atoms with Crippen molar-refractivity contribution in [2.24, 2.45) is 11.5 Å². The number of hydrogen-bond donors (Lipinski definition) is 2. The summed E-state index contributed by atoms with van der Waals surface area (Å²) in [6.07, 6.45) is 0. The lowest BCUT2D eigenvalue weighted by atomic mass is 10.1. The van der Waals surface area contributed by atoms with Crippen LogP contribution in [0.2, 0.25) is 0 Å². The molecule has 102 valence electrons. The predicted octanol–water partition coefficient (Wildman–Crippen LogP) is 2.52. The standard InChI is InChI=1S/C15H14N2O2S/c1-9-5-4-7-11(15(17)20)13(9)19-12-8-3-2-6-10(12)14(16)18/h2-8H,1H3,(H2,16,18)(H2,17,20). The molecule has 4 N–H and O–H groups in total. The minimum Gasteiger partial charge on any atom is -0.456 e. The Morgan fingerprint density at radius 1 is 1.05 bits per heavy atom. The fourth-order valence-corrected chi connectivity index (χ4v) is 2.01. The van der Waals surface area contributed by atoms with E-state index in [1.54, 1.807) is 30.3 Å². The third-order valence-electron chi connectivity index (χ3n) is 2.84. The summed E-state index contributed by atoms with van der Waals surface area (Å²) in [6.45, 7) is 1.88.